The molecular formula is C30H40N4O7. The zero-order valence-corrected chi connectivity index (χ0v) is 24.4. The van der Waals surface area contributed by atoms with Crippen LogP contribution in [0.3, 0.4) is 0 Å². The van der Waals surface area contributed by atoms with Crippen molar-refractivity contribution in [1.29, 1.82) is 0 Å². The van der Waals surface area contributed by atoms with Gasteiger partial charge in [-0.2, -0.15) is 0 Å². The average Bonchev–Trinajstić information content (AvgIpc) is 3.19. The molecule has 0 aromatic heterocycles. The SMILES string of the molecule is CC1CCC(C)N1Cc1cc(N(C)C)c2c(c1O)C(=O)C1=C(O)C3(O)C(=O)C(C(N)=O)=C(O)C(N(C)C)C3CC1C2. The first-order valence-electron chi connectivity index (χ1n) is 14.1. The predicted molar refractivity (Wildman–Crippen MR) is 152 cm³/mol. The largest absolute Gasteiger partial charge is 0.510 e. The minimum atomic E-state index is -2.65. The third-order valence-electron chi connectivity index (χ3n) is 9.75. The topological polar surface area (TPSA) is 168 Å². The van der Waals surface area contributed by atoms with Gasteiger partial charge in [-0.1, -0.05) is 0 Å². The lowest BCUT2D eigenvalue weighted by Crippen LogP contribution is -2.63. The molecule has 4 aliphatic rings. The van der Waals surface area contributed by atoms with Crippen LogP contribution in [0.25, 0.3) is 0 Å². The lowest BCUT2D eigenvalue weighted by Gasteiger charge is -2.50. The van der Waals surface area contributed by atoms with Crippen molar-refractivity contribution in [2.45, 2.75) is 69.8 Å². The number of aliphatic hydroxyl groups excluding tert-OH is 2. The molecule has 6 unspecified atom stereocenters. The van der Waals surface area contributed by atoms with Gasteiger partial charge in [0.25, 0.3) is 5.91 Å². The molecule has 0 radical (unpaired) electrons. The maximum Gasteiger partial charge on any atom is 0.255 e. The Labute approximate surface area is 239 Å². The Kier molecular flexibility index (Phi) is 6.99. The van der Waals surface area contributed by atoms with Crippen LogP contribution in [-0.2, 0) is 22.6 Å². The van der Waals surface area contributed by atoms with Gasteiger partial charge in [-0.05, 0) is 71.2 Å². The Morgan fingerprint density at radius 3 is 2.24 bits per heavy atom. The van der Waals surface area contributed by atoms with E-state index in [2.05, 4.69) is 18.7 Å². The number of phenolic OH excluding ortho intramolecular Hbond substituents is 1. The molecule has 6 N–H and O–H groups in total. The van der Waals surface area contributed by atoms with Crippen molar-refractivity contribution in [1.82, 2.24) is 9.80 Å². The Hall–Kier alpha value is -3.41. The molecule has 222 valence electrons. The average molecular weight is 569 g/mol. The number of Topliss-reactive ketones (excluding diaryl/α,β-unsaturated/α-hetero) is 2. The van der Waals surface area contributed by atoms with Crippen LogP contribution in [0.5, 0.6) is 5.75 Å². The highest BCUT2D eigenvalue weighted by atomic mass is 16.3. The van der Waals surface area contributed by atoms with Crippen molar-refractivity contribution in [3.8, 4) is 5.75 Å². The number of benzene rings is 1. The highest BCUT2D eigenvalue weighted by Gasteiger charge is 2.63. The number of aliphatic hydroxyl groups is 3. The van der Waals surface area contributed by atoms with Crippen LogP contribution in [0, 0.1) is 11.8 Å². The Morgan fingerprint density at radius 1 is 1.10 bits per heavy atom. The molecule has 1 fully saturated rings. The van der Waals surface area contributed by atoms with Crippen LogP contribution in [0.4, 0.5) is 5.69 Å². The van der Waals surface area contributed by atoms with Crippen molar-refractivity contribution < 1.29 is 34.8 Å². The molecule has 0 saturated carbocycles. The van der Waals surface area contributed by atoms with Gasteiger partial charge in [-0.15, -0.1) is 0 Å². The normalized spacial score (nSPS) is 31.9. The number of allylic oxidation sites excluding steroid dienone is 1. The van der Waals surface area contributed by atoms with E-state index in [1.807, 2.05) is 25.1 Å². The number of aromatic hydroxyl groups is 1. The molecule has 5 rings (SSSR count). The van der Waals surface area contributed by atoms with E-state index in [-0.39, 0.29) is 29.7 Å². The summed E-state index contributed by atoms with van der Waals surface area (Å²) in [6, 6.07) is 1.51. The fourth-order valence-corrected chi connectivity index (χ4v) is 7.63. The summed E-state index contributed by atoms with van der Waals surface area (Å²) in [7, 11) is 6.94. The second-order valence-electron chi connectivity index (χ2n) is 12.6. The standard InChI is InChI=1S/C30H40N4O7/c1-13-7-8-14(2)34(13)12-16-11-19(32(3)4)17-9-15-10-18-23(33(5)6)26(37)22(29(31)40)28(39)30(18,41)27(38)20(15)25(36)21(17)24(16)35/h11,13-15,18,23,35,37-38,41H,7-10,12H2,1-6H3,(H2,31,40). The van der Waals surface area contributed by atoms with E-state index in [4.69, 9.17) is 5.73 Å². The summed E-state index contributed by atoms with van der Waals surface area (Å²) in [6.45, 7) is 4.71. The molecular weight excluding hydrogens is 528 g/mol. The summed E-state index contributed by atoms with van der Waals surface area (Å²) in [5.74, 6) is -6.42. The van der Waals surface area contributed by atoms with Crippen LogP contribution in [0.15, 0.2) is 28.7 Å². The van der Waals surface area contributed by atoms with Crippen LogP contribution in [0.1, 0.15) is 54.6 Å². The van der Waals surface area contributed by atoms with Gasteiger partial charge >= 0.3 is 0 Å². The fraction of sp³-hybridized carbons (Fsp3) is 0.567. The molecule has 3 aliphatic carbocycles. The number of carbonyl (C=O) groups is 3. The van der Waals surface area contributed by atoms with E-state index in [9.17, 15) is 34.8 Å². The minimum Gasteiger partial charge on any atom is -0.510 e. The lowest BCUT2D eigenvalue weighted by molar-refractivity contribution is -0.148. The van der Waals surface area contributed by atoms with Crippen molar-refractivity contribution in [3.63, 3.8) is 0 Å². The second-order valence-corrected chi connectivity index (χ2v) is 12.6. The highest BCUT2D eigenvalue weighted by Crippen LogP contribution is 2.53. The summed E-state index contributed by atoms with van der Waals surface area (Å²) in [5, 5.41) is 45.8. The smallest absolute Gasteiger partial charge is 0.255 e. The number of amides is 1. The first kappa shape index (κ1) is 29.1. The predicted octanol–water partition coefficient (Wildman–Crippen LogP) is 1.56. The first-order valence-corrected chi connectivity index (χ1v) is 14.1. The van der Waals surface area contributed by atoms with Crippen LogP contribution >= 0.6 is 0 Å². The van der Waals surface area contributed by atoms with E-state index in [1.54, 1.807) is 19.0 Å². The van der Waals surface area contributed by atoms with Crippen molar-refractivity contribution in [2.24, 2.45) is 17.6 Å². The van der Waals surface area contributed by atoms with Crippen LogP contribution in [0.2, 0.25) is 0 Å². The number of rotatable bonds is 5. The number of nitrogens with two attached hydrogens (primary N) is 1. The third-order valence-corrected chi connectivity index (χ3v) is 9.75. The van der Waals surface area contributed by atoms with Gasteiger partial charge in [0.2, 0.25) is 5.78 Å². The molecule has 0 bridgehead atoms. The molecule has 1 aromatic rings. The number of fused-ring (bicyclic) bond motifs is 3. The molecule has 1 aromatic carbocycles. The zero-order chi connectivity index (χ0) is 30.3. The molecule has 11 heteroatoms. The van der Waals surface area contributed by atoms with E-state index in [0.717, 1.165) is 18.5 Å². The van der Waals surface area contributed by atoms with Gasteiger partial charge in [0.05, 0.1) is 11.6 Å². The number of likely N-dealkylation sites (tertiary alicyclic amines) is 1. The molecule has 6 atom stereocenters. The van der Waals surface area contributed by atoms with E-state index < -0.39 is 58.0 Å². The quantitative estimate of drug-likeness (QED) is 0.329. The van der Waals surface area contributed by atoms with Gasteiger partial charge in [-0.25, -0.2) is 0 Å². The van der Waals surface area contributed by atoms with Crippen molar-refractivity contribution in [3.05, 3.63) is 45.4 Å². The summed E-state index contributed by atoms with van der Waals surface area (Å²) in [5.41, 5.74) is 3.82. The van der Waals surface area contributed by atoms with Gasteiger partial charge in [0, 0.05) is 55.5 Å². The number of carbonyl (C=O) groups excluding carboxylic acids is 3. The Bertz CT molecular complexity index is 1400. The Balaban J connectivity index is 1.69. The van der Waals surface area contributed by atoms with Gasteiger partial charge in [0.15, 0.2) is 11.4 Å². The molecule has 1 amide bonds. The molecule has 41 heavy (non-hydrogen) atoms. The second kappa shape index (κ2) is 9.85. The van der Waals surface area contributed by atoms with E-state index in [0.29, 0.717) is 29.8 Å². The summed E-state index contributed by atoms with van der Waals surface area (Å²) >= 11 is 0. The number of anilines is 1. The van der Waals surface area contributed by atoms with Crippen LogP contribution < -0.4 is 10.6 Å². The van der Waals surface area contributed by atoms with Gasteiger partial charge < -0.3 is 31.1 Å². The van der Waals surface area contributed by atoms with E-state index in [1.165, 1.54) is 0 Å². The van der Waals surface area contributed by atoms with Crippen molar-refractivity contribution in [2.75, 3.05) is 33.1 Å². The number of primary amides is 1. The number of hydrogen-bond acceptors (Lipinski definition) is 10. The zero-order valence-electron chi connectivity index (χ0n) is 24.4. The minimum absolute atomic E-state index is 0.0477. The summed E-state index contributed by atoms with van der Waals surface area (Å²) in [6.07, 6.45) is 2.39. The number of hydrogen-bond donors (Lipinski definition) is 5. The third kappa shape index (κ3) is 4.08. The molecule has 0 spiro atoms. The highest BCUT2D eigenvalue weighted by molar-refractivity contribution is 6.25. The van der Waals surface area contributed by atoms with Crippen LogP contribution in [-0.4, -0.2) is 99.6 Å². The van der Waals surface area contributed by atoms with Gasteiger partial charge in [-0.3, -0.25) is 24.2 Å². The van der Waals surface area contributed by atoms with Crippen molar-refractivity contribution >= 4 is 23.2 Å². The maximum absolute atomic E-state index is 14.2. The molecule has 1 saturated heterocycles. The first-order chi connectivity index (χ1) is 19.1. The molecule has 1 heterocycles. The maximum atomic E-state index is 14.2. The molecule has 1 aliphatic heterocycles. The number of nitrogens with zero attached hydrogens (tertiary/aromatic N) is 3. The summed E-state index contributed by atoms with van der Waals surface area (Å²) < 4.78 is 0. The Morgan fingerprint density at radius 2 is 1.71 bits per heavy atom. The summed E-state index contributed by atoms with van der Waals surface area (Å²) in [4.78, 5) is 45.6. The fourth-order valence-electron chi connectivity index (χ4n) is 7.63. The molecule has 11 nitrogen and oxygen atoms in total. The van der Waals surface area contributed by atoms with Gasteiger partial charge in [0.1, 0.15) is 22.8 Å². The number of phenols is 1. The number of likely N-dealkylation sites (N-methyl/N-ethyl adjacent to an activating group) is 1. The number of ketones is 2. The monoisotopic (exact) mass is 568 g/mol. The lowest BCUT2D eigenvalue weighted by atomic mass is 9.58. The van der Waals surface area contributed by atoms with E-state index >= 15 is 0 Å².